The summed E-state index contributed by atoms with van der Waals surface area (Å²) < 4.78 is 0. The van der Waals surface area contributed by atoms with Crippen LogP contribution in [0.25, 0.3) is 0 Å². The average molecular weight is 178 g/mol. The summed E-state index contributed by atoms with van der Waals surface area (Å²) in [6, 6.07) is 10.2. The van der Waals surface area contributed by atoms with Gasteiger partial charge in [-0.15, -0.1) is 0 Å². The molecule has 1 rings (SSSR count). The van der Waals surface area contributed by atoms with Crippen molar-refractivity contribution < 1.29 is 5.11 Å². The molecule has 0 aliphatic heterocycles. The molecule has 0 bridgehead atoms. The van der Waals surface area contributed by atoms with Gasteiger partial charge >= 0.3 is 0 Å². The van der Waals surface area contributed by atoms with Crippen molar-refractivity contribution in [3.8, 4) is 0 Å². The second-order valence-corrected chi connectivity index (χ2v) is 3.40. The van der Waals surface area contributed by atoms with Gasteiger partial charge in [0, 0.05) is 5.92 Å². The zero-order valence-corrected chi connectivity index (χ0v) is 8.40. The van der Waals surface area contributed by atoms with E-state index in [0.717, 1.165) is 12.8 Å². The minimum Gasteiger partial charge on any atom is -0.393 e. The first-order valence-electron chi connectivity index (χ1n) is 5.02. The van der Waals surface area contributed by atoms with E-state index in [4.69, 9.17) is 0 Å². The molecule has 0 heterocycles. The largest absolute Gasteiger partial charge is 0.393 e. The fourth-order valence-electron chi connectivity index (χ4n) is 1.71. The van der Waals surface area contributed by atoms with Crippen LogP contribution in [0.15, 0.2) is 30.3 Å². The highest BCUT2D eigenvalue weighted by Crippen LogP contribution is 2.24. The molecule has 13 heavy (non-hydrogen) atoms. The Labute approximate surface area is 80.4 Å². The molecule has 1 aromatic carbocycles. The van der Waals surface area contributed by atoms with Gasteiger partial charge in [0.05, 0.1) is 6.10 Å². The molecule has 72 valence electrons. The Kier molecular flexibility index (Phi) is 3.97. The van der Waals surface area contributed by atoms with Gasteiger partial charge in [0.2, 0.25) is 0 Å². The van der Waals surface area contributed by atoms with Crippen LogP contribution >= 0.6 is 0 Å². The first-order chi connectivity index (χ1) is 6.29. The van der Waals surface area contributed by atoms with Crippen LogP contribution in [0.3, 0.4) is 0 Å². The SMILES string of the molecule is CC[C@@H](O)[C@H](CC)c1ccccc1. The van der Waals surface area contributed by atoms with Crippen LogP contribution in [0.4, 0.5) is 0 Å². The van der Waals surface area contributed by atoms with Gasteiger partial charge < -0.3 is 5.11 Å². The van der Waals surface area contributed by atoms with Crippen LogP contribution < -0.4 is 0 Å². The van der Waals surface area contributed by atoms with Crippen LogP contribution in [0.2, 0.25) is 0 Å². The fourth-order valence-corrected chi connectivity index (χ4v) is 1.71. The fraction of sp³-hybridized carbons (Fsp3) is 0.500. The molecule has 0 amide bonds. The van der Waals surface area contributed by atoms with E-state index in [-0.39, 0.29) is 6.10 Å². The van der Waals surface area contributed by atoms with E-state index in [2.05, 4.69) is 19.1 Å². The number of hydrogen-bond acceptors (Lipinski definition) is 1. The summed E-state index contributed by atoms with van der Waals surface area (Å²) in [5.41, 5.74) is 1.25. The standard InChI is InChI=1S/C12H18O/c1-3-11(12(13)4-2)10-8-6-5-7-9-10/h5-9,11-13H,3-4H2,1-2H3/t11-,12-/m1/s1. The Balaban J connectivity index is 2.78. The molecular formula is C12H18O. The lowest BCUT2D eigenvalue weighted by atomic mass is 9.90. The van der Waals surface area contributed by atoms with Gasteiger partial charge in [0.25, 0.3) is 0 Å². The van der Waals surface area contributed by atoms with Crippen LogP contribution in [-0.4, -0.2) is 11.2 Å². The highest BCUT2D eigenvalue weighted by atomic mass is 16.3. The summed E-state index contributed by atoms with van der Waals surface area (Å²) in [7, 11) is 0. The van der Waals surface area contributed by atoms with E-state index < -0.39 is 0 Å². The molecule has 1 nitrogen and oxygen atoms in total. The number of aliphatic hydroxyl groups excluding tert-OH is 1. The Morgan fingerprint density at radius 1 is 1.08 bits per heavy atom. The summed E-state index contributed by atoms with van der Waals surface area (Å²) >= 11 is 0. The Morgan fingerprint density at radius 2 is 1.69 bits per heavy atom. The van der Waals surface area contributed by atoms with E-state index in [1.807, 2.05) is 25.1 Å². The number of benzene rings is 1. The topological polar surface area (TPSA) is 20.2 Å². The maximum absolute atomic E-state index is 9.77. The monoisotopic (exact) mass is 178 g/mol. The summed E-state index contributed by atoms with van der Waals surface area (Å²) in [5.74, 6) is 0.297. The highest BCUT2D eigenvalue weighted by Gasteiger charge is 2.16. The van der Waals surface area contributed by atoms with Crippen LogP contribution in [0.5, 0.6) is 0 Å². The minimum absolute atomic E-state index is 0.201. The maximum atomic E-state index is 9.77. The summed E-state index contributed by atoms with van der Waals surface area (Å²) in [5, 5.41) is 9.77. The molecule has 0 spiro atoms. The third-order valence-corrected chi connectivity index (χ3v) is 2.55. The molecule has 0 saturated heterocycles. The molecule has 0 unspecified atom stereocenters. The van der Waals surface area contributed by atoms with Gasteiger partial charge in [-0.3, -0.25) is 0 Å². The molecular weight excluding hydrogens is 160 g/mol. The Morgan fingerprint density at radius 3 is 2.15 bits per heavy atom. The highest BCUT2D eigenvalue weighted by molar-refractivity contribution is 5.20. The van der Waals surface area contributed by atoms with Crippen LogP contribution in [0, 0.1) is 0 Å². The van der Waals surface area contributed by atoms with Crippen molar-refractivity contribution in [3.05, 3.63) is 35.9 Å². The molecule has 0 radical (unpaired) electrons. The van der Waals surface area contributed by atoms with Crippen molar-refractivity contribution in [1.82, 2.24) is 0 Å². The van der Waals surface area contributed by atoms with Gasteiger partial charge in [-0.25, -0.2) is 0 Å². The zero-order chi connectivity index (χ0) is 9.68. The first kappa shape index (κ1) is 10.3. The van der Waals surface area contributed by atoms with Crippen molar-refractivity contribution in [2.45, 2.75) is 38.7 Å². The van der Waals surface area contributed by atoms with Crippen molar-refractivity contribution in [2.75, 3.05) is 0 Å². The van der Waals surface area contributed by atoms with Crippen molar-refractivity contribution in [3.63, 3.8) is 0 Å². The smallest absolute Gasteiger partial charge is 0.0606 e. The van der Waals surface area contributed by atoms with Crippen molar-refractivity contribution >= 4 is 0 Å². The third-order valence-electron chi connectivity index (χ3n) is 2.55. The van der Waals surface area contributed by atoms with Gasteiger partial charge in [-0.1, -0.05) is 44.2 Å². The van der Waals surface area contributed by atoms with Crippen LogP contribution in [-0.2, 0) is 0 Å². The lowest BCUT2D eigenvalue weighted by Crippen LogP contribution is -2.16. The van der Waals surface area contributed by atoms with E-state index in [1.54, 1.807) is 0 Å². The quantitative estimate of drug-likeness (QED) is 0.751. The van der Waals surface area contributed by atoms with E-state index in [1.165, 1.54) is 5.56 Å². The molecule has 1 heteroatoms. The third kappa shape index (κ3) is 2.56. The summed E-state index contributed by atoms with van der Waals surface area (Å²) in [6.45, 7) is 4.15. The molecule has 0 fully saturated rings. The predicted octanol–water partition coefficient (Wildman–Crippen LogP) is 2.95. The second kappa shape index (κ2) is 5.03. The van der Waals surface area contributed by atoms with Gasteiger partial charge in [0.15, 0.2) is 0 Å². The van der Waals surface area contributed by atoms with E-state index >= 15 is 0 Å². The number of aliphatic hydroxyl groups is 1. The Hall–Kier alpha value is -0.820. The lowest BCUT2D eigenvalue weighted by Gasteiger charge is -2.20. The molecule has 1 N–H and O–H groups in total. The number of rotatable bonds is 4. The van der Waals surface area contributed by atoms with Gasteiger partial charge in [0.1, 0.15) is 0 Å². The first-order valence-corrected chi connectivity index (χ1v) is 5.02. The van der Waals surface area contributed by atoms with E-state index in [0.29, 0.717) is 5.92 Å². The minimum atomic E-state index is -0.201. The lowest BCUT2D eigenvalue weighted by molar-refractivity contribution is 0.136. The van der Waals surface area contributed by atoms with Crippen molar-refractivity contribution in [2.24, 2.45) is 0 Å². The predicted molar refractivity (Wildman–Crippen MR) is 55.8 cm³/mol. The van der Waals surface area contributed by atoms with Gasteiger partial charge in [-0.2, -0.15) is 0 Å². The zero-order valence-electron chi connectivity index (χ0n) is 8.40. The molecule has 1 aromatic rings. The second-order valence-electron chi connectivity index (χ2n) is 3.40. The number of hydrogen-bond donors (Lipinski definition) is 1. The molecule has 0 aliphatic rings. The molecule has 2 atom stereocenters. The Bertz CT molecular complexity index is 230. The normalized spacial score (nSPS) is 15.3. The maximum Gasteiger partial charge on any atom is 0.0606 e. The van der Waals surface area contributed by atoms with Gasteiger partial charge in [-0.05, 0) is 18.4 Å². The molecule has 0 aromatic heterocycles. The summed E-state index contributed by atoms with van der Waals surface area (Å²) in [4.78, 5) is 0. The van der Waals surface area contributed by atoms with Crippen molar-refractivity contribution in [1.29, 1.82) is 0 Å². The van der Waals surface area contributed by atoms with E-state index in [9.17, 15) is 5.11 Å². The average Bonchev–Trinajstić information content (AvgIpc) is 2.20. The molecule has 0 aliphatic carbocycles. The summed E-state index contributed by atoms with van der Waals surface area (Å²) in [6.07, 6.45) is 1.62. The van der Waals surface area contributed by atoms with Crippen LogP contribution in [0.1, 0.15) is 38.2 Å². The molecule has 0 saturated carbocycles.